The summed E-state index contributed by atoms with van der Waals surface area (Å²) in [5.74, 6) is 1.61. The maximum absolute atomic E-state index is 12.6. The Morgan fingerprint density at radius 3 is 2.43 bits per heavy atom. The average Bonchev–Trinajstić information content (AvgIpc) is 2.90. The molecule has 118 valence electrons. The van der Waals surface area contributed by atoms with Crippen molar-refractivity contribution in [3.05, 3.63) is 58.8 Å². The molecule has 0 N–H and O–H groups in total. The standard InChI is InChI=1S/C19H18O4/c1-4-12-5-7-13(8-6-12)9-17-19(20)18-15(22-3)10-14(21-2)11-16(18)23-17/h5-11H,4H2,1-3H3/b17-9-. The lowest BCUT2D eigenvalue weighted by Gasteiger charge is -2.07. The van der Waals surface area contributed by atoms with Crippen LogP contribution in [0, 0.1) is 0 Å². The van der Waals surface area contributed by atoms with Crippen molar-refractivity contribution in [2.75, 3.05) is 14.2 Å². The van der Waals surface area contributed by atoms with E-state index in [4.69, 9.17) is 14.2 Å². The maximum atomic E-state index is 12.6. The van der Waals surface area contributed by atoms with Gasteiger partial charge in [-0.2, -0.15) is 0 Å². The second kappa shape index (κ2) is 6.16. The smallest absolute Gasteiger partial charge is 0.235 e. The molecule has 0 saturated heterocycles. The quantitative estimate of drug-likeness (QED) is 0.804. The summed E-state index contributed by atoms with van der Waals surface area (Å²) < 4.78 is 16.2. The van der Waals surface area contributed by atoms with Gasteiger partial charge in [-0.3, -0.25) is 4.79 Å². The van der Waals surface area contributed by atoms with E-state index < -0.39 is 0 Å². The van der Waals surface area contributed by atoms with Gasteiger partial charge in [-0.15, -0.1) is 0 Å². The van der Waals surface area contributed by atoms with Gasteiger partial charge in [-0.1, -0.05) is 31.2 Å². The van der Waals surface area contributed by atoms with E-state index in [2.05, 4.69) is 6.92 Å². The van der Waals surface area contributed by atoms with E-state index in [1.807, 2.05) is 24.3 Å². The van der Waals surface area contributed by atoms with Crippen molar-refractivity contribution >= 4 is 11.9 Å². The molecule has 1 aliphatic heterocycles. The highest BCUT2D eigenvalue weighted by molar-refractivity contribution is 6.16. The number of fused-ring (bicyclic) bond motifs is 1. The monoisotopic (exact) mass is 310 g/mol. The third kappa shape index (κ3) is 2.80. The molecule has 2 aromatic carbocycles. The van der Waals surface area contributed by atoms with Gasteiger partial charge < -0.3 is 14.2 Å². The summed E-state index contributed by atoms with van der Waals surface area (Å²) in [6, 6.07) is 11.4. The topological polar surface area (TPSA) is 44.8 Å². The highest BCUT2D eigenvalue weighted by Gasteiger charge is 2.32. The molecule has 4 heteroatoms. The summed E-state index contributed by atoms with van der Waals surface area (Å²) in [4.78, 5) is 12.6. The number of methoxy groups -OCH3 is 2. The zero-order valence-corrected chi connectivity index (χ0v) is 13.4. The summed E-state index contributed by atoms with van der Waals surface area (Å²) in [6.45, 7) is 2.10. The Bertz CT molecular complexity index is 773. The lowest BCUT2D eigenvalue weighted by atomic mass is 10.1. The van der Waals surface area contributed by atoms with Crippen molar-refractivity contribution in [1.29, 1.82) is 0 Å². The van der Waals surface area contributed by atoms with Gasteiger partial charge in [0.15, 0.2) is 5.76 Å². The van der Waals surface area contributed by atoms with E-state index in [1.54, 1.807) is 25.3 Å². The SMILES string of the molecule is CCc1ccc(/C=C2\Oc3cc(OC)cc(OC)c3C2=O)cc1. The number of benzene rings is 2. The zero-order valence-electron chi connectivity index (χ0n) is 13.4. The van der Waals surface area contributed by atoms with Crippen molar-refractivity contribution in [3.63, 3.8) is 0 Å². The van der Waals surface area contributed by atoms with Gasteiger partial charge in [-0.25, -0.2) is 0 Å². The van der Waals surface area contributed by atoms with Gasteiger partial charge in [0.25, 0.3) is 0 Å². The van der Waals surface area contributed by atoms with Crippen LogP contribution in [0.4, 0.5) is 0 Å². The molecular formula is C19H18O4. The van der Waals surface area contributed by atoms with E-state index >= 15 is 0 Å². The number of carbonyl (C=O) groups is 1. The summed E-state index contributed by atoms with van der Waals surface area (Å²) in [5.41, 5.74) is 2.61. The first-order chi connectivity index (χ1) is 11.2. The molecule has 4 nitrogen and oxygen atoms in total. The Labute approximate surface area is 135 Å². The Kier molecular flexibility index (Phi) is 4.06. The molecule has 0 radical (unpaired) electrons. The fourth-order valence-electron chi connectivity index (χ4n) is 2.53. The number of rotatable bonds is 4. The molecule has 0 aliphatic carbocycles. The Morgan fingerprint density at radius 2 is 1.83 bits per heavy atom. The molecule has 23 heavy (non-hydrogen) atoms. The molecule has 0 unspecified atom stereocenters. The van der Waals surface area contributed by atoms with Gasteiger partial charge in [0.1, 0.15) is 22.8 Å². The van der Waals surface area contributed by atoms with Crippen LogP contribution in [0.3, 0.4) is 0 Å². The lowest BCUT2D eigenvalue weighted by Crippen LogP contribution is -2.00. The Morgan fingerprint density at radius 1 is 1.09 bits per heavy atom. The zero-order chi connectivity index (χ0) is 16.4. The van der Waals surface area contributed by atoms with Crippen molar-refractivity contribution < 1.29 is 19.0 Å². The number of allylic oxidation sites excluding steroid dienone is 1. The van der Waals surface area contributed by atoms with Gasteiger partial charge in [0, 0.05) is 12.1 Å². The molecule has 0 aromatic heterocycles. The minimum Gasteiger partial charge on any atom is -0.496 e. The maximum Gasteiger partial charge on any atom is 0.235 e. The molecule has 0 bridgehead atoms. The summed E-state index contributed by atoms with van der Waals surface area (Å²) >= 11 is 0. The highest BCUT2D eigenvalue weighted by atomic mass is 16.5. The van der Waals surface area contributed by atoms with Crippen LogP contribution in [-0.2, 0) is 6.42 Å². The molecule has 0 amide bonds. The number of hydrogen-bond acceptors (Lipinski definition) is 4. The summed E-state index contributed by atoms with van der Waals surface area (Å²) in [7, 11) is 3.08. The molecule has 2 aromatic rings. The van der Waals surface area contributed by atoms with Crippen molar-refractivity contribution in [1.82, 2.24) is 0 Å². The van der Waals surface area contributed by atoms with Gasteiger partial charge >= 0.3 is 0 Å². The van der Waals surface area contributed by atoms with E-state index in [0.29, 0.717) is 22.8 Å². The molecule has 0 spiro atoms. The first-order valence-corrected chi connectivity index (χ1v) is 7.45. The number of ether oxygens (including phenoxy) is 3. The molecule has 0 fully saturated rings. The van der Waals surface area contributed by atoms with Crippen LogP contribution in [0.15, 0.2) is 42.2 Å². The molecular weight excluding hydrogens is 292 g/mol. The molecule has 0 saturated carbocycles. The minimum atomic E-state index is -0.181. The van der Waals surface area contributed by atoms with Crippen molar-refractivity contribution in [3.8, 4) is 17.2 Å². The van der Waals surface area contributed by atoms with Crippen molar-refractivity contribution in [2.24, 2.45) is 0 Å². The van der Waals surface area contributed by atoms with E-state index in [-0.39, 0.29) is 11.5 Å². The minimum absolute atomic E-state index is 0.181. The predicted molar refractivity (Wildman–Crippen MR) is 88.3 cm³/mol. The fourth-order valence-corrected chi connectivity index (χ4v) is 2.53. The van der Waals surface area contributed by atoms with Crippen molar-refractivity contribution in [2.45, 2.75) is 13.3 Å². The average molecular weight is 310 g/mol. The second-order valence-electron chi connectivity index (χ2n) is 5.24. The summed E-state index contributed by atoms with van der Waals surface area (Å²) in [6.07, 6.45) is 2.72. The van der Waals surface area contributed by atoms with E-state index in [9.17, 15) is 4.79 Å². The Balaban J connectivity index is 1.97. The van der Waals surface area contributed by atoms with Gasteiger partial charge in [0.05, 0.1) is 14.2 Å². The Hall–Kier alpha value is -2.75. The van der Waals surface area contributed by atoms with Crippen LogP contribution in [0.2, 0.25) is 0 Å². The van der Waals surface area contributed by atoms with Crippen LogP contribution in [-0.4, -0.2) is 20.0 Å². The number of carbonyl (C=O) groups excluding carboxylic acids is 1. The molecule has 3 rings (SSSR count). The van der Waals surface area contributed by atoms with Crippen LogP contribution in [0.1, 0.15) is 28.4 Å². The lowest BCUT2D eigenvalue weighted by molar-refractivity contribution is 0.101. The first-order valence-electron chi connectivity index (χ1n) is 7.45. The number of Topliss-reactive ketones (excluding diaryl/α,β-unsaturated/α-hetero) is 1. The predicted octanol–water partition coefficient (Wildman–Crippen LogP) is 3.88. The second-order valence-corrected chi connectivity index (χ2v) is 5.24. The number of hydrogen-bond donors (Lipinski definition) is 0. The largest absolute Gasteiger partial charge is 0.496 e. The fraction of sp³-hybridized carbons (Fsp3) is 0.211. The normalized spacial score (nSPS) is 14.6. The number of aryl methyl sites for hydroxylation is 1. The van der Waals surface area contributed by atoms with E-state index in [0.717, 1.165) is 12.0 Å². The summed E-state index contributed by atoms with van der Waals surface area (Å²) in [5, 5.41) is 0. The third-order valence-electron chi connectivity index (χ3n) is 3.85. The number of ketones is 1. The van der Waals surface area contributed by atoms with Crippen LogP contribution < -0.4 is 14.2 Å². The van der Waals surface area contributed by atoms with Crippen LogP contribution >= 0.6 is 0 Å². The van der Waals surface area contributed by atoms with Gasteiger partial charge in [0.2, 0.25) is 5.78 Å². The highest BCUT2D eigenvalue weighted by Crippen LogP contribution is 2.41. The van der Waals surface area contributed by atoms with Crippen LogP contribution in [0.5, 0.6) is 17.2 Å². The molecule has 1 aliphatic rings. The van der Waals surface area contributed by atoms with Gasteiger partial charge in [-0.05, 0) is 23.6 Å². The first kappa shape index (κ1) is 15.2. The van der Waals surface area contributed by atoms with E-state index in [1.165, 1.54) is 12.7 Å². The molecule has 0 atom stereocenters. The third-order valence-corrected chi connectivity index (χ3v) is 3.85. The van der Waals surface area contributed by atoms with Crippen LogP contribution in [0.25, 0.3) is 6.08 Å². The molecule has 1 heterocycles.